The van der Waals surface area contributed by atoms with Crippen LogP contribution in [-0.4, -0.2) is 11.7 Å². The lowest BCUT2D eigenvalue weighted by Crippen LogP contribution is -2.40. The van der Waals surface area contributed by atoms with Gasteiger partial charge in [-0.3, -0.25) is 14.5 Å². The third-order valence-corrected chi connectivity index (χ3v) is 5.48. The highest BCUT2D eigenvalue weighted by Gasteiger charge is 2.38. The number of carbonyl (C=O) groups excluding carboxylic acids is 2. The van der Waals surface area contributed by atoms with E-state index in [0.717, 1.165) is 11.3 Å². The second kappa shape index (κ2) is 7.72. The third-order valence-electron chi connectivity index (χ3n) is 5.20. The summed E-state index contributed by atoms with van der Waals surface area (Å²) in [5.74, 6) is -0.816. The van der Waals surface area contributed by atoms with Gasteiger partial charge in [0.05, 0.1) is 10.7 Å². The number of Topliss-reactive ketones (excluding diaryl/α,β-unsaturated/α-hetero) is 1. The van der Waals surface area contributed by atoms with Crippen LogP contribution in [0.5, 0.6) is 0 Å². The Morgan fingerprint density at radius 3 is 2.61 bits per heavy atom. The Kier molecular flexibility index (Phi) is 5.14. The van der Waals surface area contributed by atoms with Crippen LogP contribution in [0.2, 0.25) is 5.02 Å². The molecule has 0 N–H and O–H groups in total. The number of nitrogens with zero attached hydrogens (tertiary/aromatic N) is 1. The van der Waals surface area contributed by atoms with Gasteiger partial charge in [0.25, 0.3) is 0 Å². The monoisotopic (exact) mass is 395 g/mol. The summed E-state index contributed by atoms with van der Waals surface area (Å²) in [5, 5.41) is -0.0410. The Balaban J connectivity index is 1.76. The molecular formula is C23H19ClFNO2. The van der Waals surface area contributed by atoms with Crippen molar-refractivity contribution in [3.63, 3.8) is 0 Å². The van der Waals surface area contributed by atoms with Crippen molar-refractivity contribution in [2.45, 2.75) is 25.7 Å². The quantitative estimate of drug-likeness (QED) is 0.683. The SMILES string of the molecule is O=C1CCCC2=C1C(/C=C/c1ccccc1)CC(=O)N2c1ccc(F)c(Cl)c1. The zero-order chi connectivity index (χ0) is 19.7. The molecule has 1 unspecified atom stereocenters. The van der Waals surface area contributed by atoms with Crippen molar-refractivity contribution in [3.05, 3.63) is 82.3 Å². The molecule has 0 saturated heterocycles. The topological polar surface area (TPSA) is 37.4 Å². The van der Waals surface area contributed by atoms with E-state index in [4.69, 9.17) is 11.6 Å². The molecule has 1 aliphatic heterocycles. The van der Waals surface area contributed by atoms with Crippen molar-refractivity contribution in [1.29, 1.82) is 0 Å². The molecule has 4 rings (SSSR count). The van der Waals surface area contributed by atoms with Crippen molar-refractivity contribution in [1.82, 2.24) is 0 Å². The maximum Gasteiger partial charge on any atom is 0.232 e. The van der Waals surface area contributed by atoms with E-state index >= 15 is 0 Å². The van der Waals surface area contributed by atoms with Gasteiger partial charge in [0, 0.05) is 30.0 Å². The molecule has 5 heteroatoms. The molecule has 2 aromatic rings. The number of allylic oxidation sites excluding steroid dienone is 3. The first-order valence-corrected chi connectivity index (χ1v) is 9.70. The molecule has 1 atom stereocenters. The minimum Gasteiger partial charge on any atom is -0.294 e. The molecule has 0 saturated carbocycles. The van der Waals surface area contributed by atoms with E-state index in [0.29, 0.717) is 30.5 Å². The van der Waals surface area contributed by atoms with Crippen LogP contribution in [0, 0.1) is 11.7 Å². The van der Waals surface area contributed by atoms with Gasteiger partial charge in [-0.25, -0.2) is 4.39 Å². The summed E-state index contributed by atoms with van der Waals surface area (Å²) in [6, 6.07) is 14.0. The fourth-order valence-electron chi connectivity index (χ4n) is 3.91. The van der Waals surface area contributed by atoms with Gasteiger partial charge in [-0.15, -0.1) is 0 Å². The predicted octanol–water partition coefficient (Wildman–Crippen LogP) is 5.55. The molecule has 3 nitrogen and oxygen atoms in total. The average Bonchev–Trinajstić information content (AvgIpc) is 2.69. The Labute approximate surface area is 168 Å². The van der Waals surface area contributed by atoms with Gasteiger partial charge >= 0.3 is 0 Å². The van der Waals surface area contributed by atoms with Crippen molar-refractivity contribution < 1.29 is 14.0 Å². The summed E-state index contributed by atoms with van der Waals surface area (Å²) in [5.41, 5.74) is 2.94. The third kappa shape index (κ3) is 3.52. The zero-order valence-electron chi connectivity index (χ0n) is 15.2. The molecule has 0 aromatic heterocycles. The summed E-state index contributed by atoms with van der Waals surface area (Å²) in [6.45, 7) is 0. The molecule has 1 aliphatic carbocycles. The van der Waals surface area contributed by atoms with E-state index < -0.39 is 5.82 Å². The van der Waals surface area contributed by atoms with Crippen LogP contribution < -0.4 is 4.90 Å². The first-order valence-electron chi connectivity index (χ1n) is 9.32. The molecule has 0 spiro atoms. The van der Waals surface area contributed by atoms with Crippen molar-refractivity contribution in [3.8, 4) is 0 Å². The minimum atomic E-state index is -0.535. The van der Waals surface area contributed by atoms with Crippen molar-refractivity contribution in [2.24, 2.45) is 5.92 Å². The number of carbonyl (C=O) groups is 2. The van der Waals surface area contributed by atoms with Crippen LogP contribution in [0.1, 0.15) is 31.2 Å². The number of hydrogen-bond acceptors (Lipinski definition) is 2. The number of benzene rings is 2. The van der Waals surface area contributed by atoms with Gasteiger partial charge in [-0.2, -0.15) is 0 Å². The van der Waals surface area contributed by atoms with Crippen molar-refractivity contribution in [2.75, 3.05) is 4.90 Å². The lowest BCUT2D eigenvalue weighted by molar-refractivity contribution is -0.120. The van der Waals surface area contributed by atoms with Gasteiger partial charge in [0.2, 0.25) is 5.91 Å². The zero-order valence-corrected chi connectivity index (χ0v) is 16.0. The summed E-state index contributed by atoms with van der Waals surface area (Å²) in [6.07, 6.45) is 5.92. The van der Waals surface area contributed by atoms with Gasteiger partial charge in [-0.05, 0) is 36.6 Å². The number of anilines is 1. The van der Waals surface area contributed by atoms with Gasteiger partial charge in [0.15, 0.2) is 5.78 Å². The maximum absolute atomic E-state index is 13.6. The number of ketones is 1. The van der Waals surface area contributed by atoms with Gasteiger partial charge < -0.3 is 0 Å². The standard InChI is InChI=1S/C23H19ClFNO2/c24-18-14-17(11-12-19(18)25)26-20-7-4-8-21(27)23(20)16(13-22(26)28)10-9-15-5-2-1-3-6-15/h1-3,5-6,9-12,14,16H,4,7-8,13H2/b10-9+. The fourth-order valence-corrected chi connectivity index (χ4v) is 4.09. The average molecular weight is 396 g/mol. The molecule has 0 bridgehead atoms. The van der Waals surface area contributed by atoms with Crippen LogP contribution in [0.3, 0.4) is 0 Å². The highest BCUT2D eigenvalue weighted by atomic mass is 35.5. The van der Waals surface area contributed by atoms with Crippen molar-refractivity contribution >= 4 is 35.1 Å². The van der Waals surface area contributed by atoms with Crippen LogP contribution in [-0.2, 0) is 9.59 Å². The second-order valence-electron chi connectivity index (χ2n) is 7.05. The van der Waals surface area contributed by atoms with Gasteiger partial charge in [-0.1, -0.05) is 54.1 Å². The van der Waals surface area contributed by atoms with Crippen LogP contribution in [0.4, 0.5) is 10.1 Å². The van der Waals surface area contributed by atoms with E-state index in [1.165, 1.54) is 18.2 Å². The van der Waals surface area contributed by atoms with E-state index in [1.54, 1.807) is 4.90 Å². The first-order chi connectivity index (χ1) is 13.5. The molecule has 1 amide bonds. The summed E-state index contributed by atoms with van der Waals surface area (Å²) < 4.78 is 13.6. The number of hydrogen-bond donors (Lipinski definition) is 0. The van der Waals surface area contributed by atoms with E-state index in [1.807, 2.05) is 42.5 Å². The number of rotatable bonds is 3. The van der Waals surface area contributed by atoms with Crippen LogP contribution in [0.15, 0.2) is 65.9 Å². The Morgan fingerprint density at radius 2 is 1.86 bits per heavy atom. The van der Waals surface area contributed by atoms with E-state index in [-0.39, 0.29) is 29.1 Å². The summed E-state index contributed by atoms with van der Waals surface area (Å²) in [4.78, 5) is 27.3. The molecule has 28 heavy (non-hydrogen) atoms. The van der Waals surface area contributed by atoms with Crippen LogP contribution >= 0.6 is 11.6 Å². The van der Waals surface area contributed by atoms with E-state index in [9.17, 15) is 14.0 Å². The predicted molar refractivity (Wildman–Crippen MR) is 108 cm³/mol. The molecule has 2 aliphatic rings. The maximum atomic E-state index is 13.6. The smallest absolute Gasteiger partial charge is 0.232 e. The largest absolute Gasteiger partial charge is 0.294 e. The molecule has 0 radical (unpaired) electrons. The minimum absolute atomic E-state index is 0.0410. The Morgan fingerprint density at radius 1 is 1.07 bits per heavy atom. The number of amides is 1. The molecule has 1 heterocycles. The van der Waals surface area contributed by atoms with Gasteiger partial charge in [0.1, 0.15) is 5.82 Å². The highest BCUT2D eigenvalue weighted by molar-refractivity contribution is 6.31. The molecule has 2 aromatic carbocycles. The molecule has 142 valence electrons. The lowest BCUT2D eigenvalue weighted by Gasteiger charge is -2.37. The van der Waals surface area contributed by atoms with Crippen LogP contribution in [0.25, 0.3) is 6.08 Å². The fraction of sp³-hybridized carbons (Fsp3) is 0.217. The normalized spacial score (nSPS) is 20.1. The first kappa shape index (κ1) is 18.6. The number of halogens is 2. The Hall–Kier alpha value is -2.72. The molecule has 0 fully saturated rings. The lowest BCUT2D eigenvalue weighted by atomic mass is 9.80. The Bertz CT molecular complexity index is 997. The van der Waals surface area contributed by atoms with E-state index in [2.05, 4.69) is 0 Å². The molecular weight excluding hydrogens is 377 g/mol. The summed E-state index contributed by atoms with van der Waals surface area (Å²) in [7, 11) is 0. The second-order valence-corrected chi connectivity index (χ2v) is 7.45. The summed E-state index contributed by atoms with van der Waals surface area (Å²) >= 11 is 5.92. The highest BCUT2D eigenvalue weighted by Crippen LogP contribution is 2.40.